The van der Waals surface area contributed by atoms with Crippen LogP contribution >= 0.6 is 0 Å². The topological polar surface area (TPSA) is 109 Å². The van der Waals surface area contributed by atoms with Gasteiger partial charge in [-0.1, -0.05) is 24.0 Å². The summed E-state index contributed by atoms with van der Waals surface area (Å²) in [4.78, 5) is 12.0. The Hall–Kier alpha value is -3.12. The van der Waals surface area contributed by atoms with Crippen LogP contribution in [0.3, 0.4) is 0 Å². The maximum Gasteiger partial charge on any atom is 0.264 e. The molecule has 1 unspecified atom stereocenters. The fourth-order valence-electron chi connectivity index (χ4n) is 3.50. The third-order valence-corrected chi connectivity index (χ3v) is 7.97. The number of amides is 1. The van der Waals surface area contributed by atoms with Gasteiger partial charge in [0.25, 0.3) is 5.91 Å². The minimum Gasteiger partial charge on any atom is -0.386 e. The molecule has 174 valence electrons. The third-order valence-electron chi connectivity index (χ3n) is 5.94. The largest absolute Gasteiger partial charge is 0.386 e. The Kier molecular flexibility index (Phi) is 6.70. The molecule has 3 rings (SSSR count). The fourth-order valence-corrected chi connectivity index (χ4v) is 4.34. The second-order valence-electron chi connectivity index (χ2n) is 8.86. The van der Waals surface area contributed by atoms with Crippen LogP contribution in [0.5, 0.6) is 0 Å². The van der Waals surface area contributed by atoms with Crippen LogP contribution in [-0.4, -0.2) is 40.2 Å². The zero-order valence-electron chi connectivity index (χ0n) is 19.1. The molecule has 0 radical (unpaired) electrons. The highest BCUT2D eigenvalue weighted by molar-refractivity contribution is 7.92. The van der Waals surface area contributed by atoms with E-state index >= 15 is 0 Å². The molecule has 0 aliphatic rings. The SMILES string of the molecule is CC(C)(O)c1ccc(C#Cc2ccc3c(ccn3CCC(C)(C(=O)NO)S(C)(=O)=O)c2)cc1. The van der Waals surface area contributed by atoms with Crippen LogP contribution in [0, 0.1) is 11.8 Å². The molecule has 0 saturated carbocycles. The number of carbonyl (C=O) groups is 1. The molecule has 0 saturated heterocycles. The molecule has 8 heteroatoms. The van der Waals surface area contributed by atoms with Gasteiger partial charge in [0.2, 0.25) is 0 Å². The maximum atomic E-state index is 12.2. The van der Waals surface area contributed by atoms with Crippen molar-refractivity contribution in [1.82, 2.24) is 10.0 Å². The first-order chi connectivity index (χ1) is 15.3. The number of rotatable bonds is 6. The standard InChI is InChI=1S/C25H28N2O5S/c1-24(2,29)21-10-7-18(8-11-21)5-6-19-9-12-22-20(17-19)13-15-27(22)16-14-25(3,23(28)26-30)33(4,31)32/h7-13,15,17,29-30H,14,16H2,1-4H3,(H,26,28). The molecule has 0 aliphatic carbocycles. The lowest BCUT2D eigenvalue weighted by Crippen LogP contribution is -2.49. The van der Waals surface area contributed by atoms with Crippen molar-refractivity contribution in [3.63, 3.8) is 0 Å². The molecule has 0 bridgehead atoms. The number of carbonyl (C=O) groups excluding carboxylic acids is 1. The molecule has 3 N–H and O–H groups in total. The van der Waals surface area contributed by atoms with Crippen LogP contribution < -0.4 is 5.48 Å². The van der Waals surface area contributed by atoms with Crippen LogP contribution in [0.2, 0.25) is 0 Å². The van der Waals surface area contributed by atoms with Gasteiger partial charge in [0.15, 0.2) is 14.6 Å². The van der Waals surface area contributed by atoms with Crippen molar-refractivity contribution >= 4 is 26.6 Å². The van der Waals surface area contributed by atoms with Gasteiger partial charge in [-0.2, -0.15) is 0 Å². The van der Waals surface area contributed by atoms with Gasteiger partial charge in [-0.3, -0.25) is 10.0 Å². The predicted octanol–water partition coefficient (Wildman–Crippen LogP) is 2.97. The van der Waals surface area contributed by atoms with Crippen molar-refractivity contribution in [1.29, 1.82) is 0 Å². The van der Waals surface area contributed by atoms with E-state index in [9.17, 15) is 18.3 Å². The van der Waals surface area contributed by atoms with E-state index in [1.807, 2.05) is 59.3 Å². The average Bonchev–Trinajstić information content (AvgIpc) is 3.16. The number of fused-ring (bicyclic) bond motifs is 1. The predicted molar refractivity (Wildman–Crippen MR) is 127 cm³/mol. The van der Waals surface area contributed by atoms with Crippen LogP contribution in [-0.2, 0) is 26.8 Å². The van der Waals surface area contributed by atoms with Crippen LogP contribution in [0.1, 0.15) is 43.9 Å². The zero-order valence-corrected chi connectivity index (χ0v) is 19.9. The Bertz CT molecular complexity index is 1340. The smallest absolute Gasteiger partial charge is 0.264 e. The minimum atomic E-state index is -3.75. The summed E-state index contributed by atoms with van der Waals surface area (Å²) in [5.41, 5.74) is 3.94. The number of benzene rings is 2. The molecular weight excluding hydrogens is 440 g/mol. The number of hydroxylamine groups is 1. The molecule has 2 aromatic carbocycles. The van der Waals surface area contributed by atoms with E-state index < -0.39 is 26.1 Å². The molecule has 1 amide bonds. The lowest BCUT2D eigenvalue weighted by atomic mass is 9.97. The second-order valence-corrected chi connectivity index (χ2v) is 11.3. The van der Waals surface area contributed by atoms with Gasteiger partial charge >= 0.3 is 0 Å². The summed E-state index contributed by atoms with van der Waals surface area (Å²) in [5.74, 6) is 5.31. The maximum absolute atomic E-state index is 12.2. The number of hydrogen-bond donors (Lipinski definition) is 3. The summed E-state index contributed by atoms with van der Waals surface area (Å²) in [6, 6.07) is 15.1. The third kappa shape index (κ3) is 5.28. The van der Waals surface area contributed by atoms with Crippen molar-refractivity contribution in [3.8, 4) is 11.8 Å². The monoisotopic (exact) mass is 468 g/mol. The second kappa shape index (κ2) is 9.02. The van der Waals surface area contributed by atoms with Gasteiger partial charge in [0, 0.05) is 41.0 Å². The summed E-state index contributed by atoms with van der Waals surface area (Å²) >= 11 is 0. The minimum absolute atomic E-state index is 0.00417. The Morgan fingerprint density at radius 3 is 2.21 bits per heavy atom. The number of sulfone groups is 1. The summed E-state index contributed by atoms with van der Waals surface area (Å²) in [6.45, 7) is 5.05. The highest BCUT2D eigenvalue weighted by atomic mass is 32.2. The lowest BCUT2D eigenvalue weighted by Gasteiger charge is -2.25. The van der Waals surface area contributed by atoms with E-state index in [0.717, 1.165) is 33.8 Å². The first-order valence-electron chi connectivity index (χ1n) is 10.4. The normalized spacial score (nSPS) is 13.8. The number of aliphatic hydroxyl groups is 1. The molecule has 1 heterocycles. The first kappa shape index (κ1) is 24.5. The van der Waals surface area contributed by atoms with Gasteiger partial charge in [0.1, 0.15) is 0 Å². The molecule has 1 aromatic heterocycles. The summed E-state index contributed by atoms with van der Waals surface area (Å²) in [6.07, 6.45) is 2.82. The highest BCUT2D eigenvalue weighted by Crippen LogP contribution is 2.25. The van der Waals surface area contributed by atoms with Crippen molar-refractivity contribution in [2.24, 2.45) is 0 Å². The summed E-state index contributed by atoms with van der Waals surface area (Å²) < 4.78 is 24.5. The number of nitrogens with zero attached hydrogens (tertiary/aromatic N) is 1. The first-order valence-corrected chi connectivity index (χ1v) is 12.3. The molecule has 33 heavy (non-hydrogen) atoms. The zero-order chi connectivity index (χ0) is 24.4. The van der Waals surface area contributed by atoms with E-state index in [1.165, 1.54) is 12.4 Å². The Balaban J connectivity index is 1.80. The van der Waals surface area contributed by atoms with Gasteiger partial charge in [-0.25, -0.2) is 13.9 Å². The Morgan fingerprint density at radius 2 is 1.64 bits per heavy atom. The van der Waals surface area contributed by atoms with E-state index in [2.05, 4.69) is 11.8 Å². The highest BCUT2D eigenvalue weighted by Gasteiger charge is 2.43. The molecule has 7 nitrogen and oxygen atoms in total. The van der Waals surface area contributed by atoms with Crippen LogP contribution in [0.4, 0.5) is 0 Å². The summed E-state index contributed by atoms with van der Waals surface area (Å²) in [7, 11) is -3.75. The van der Waals surface area contributed by atoms with E-state index in [-0.39, 0.29) is 13.0 Å². The number of nitrogens with one attached hydrogen (secondary N) is 1. The lowest BCUT2D eigenvalue weighted by molar-refractivity contribution is -0.131. The van der Waals surface area contributed by atoms with E-state index in [1.54, 1.807) is 13.8 Å². The number of aryl methyl sites for hydroxylation is 1. The van der Waals surface area contributed by atoms with Crippen molar-refractivity contribution in [3.05, 3.63) is 71.4 Å². The summed E-state index contributed by atoms with van der Waals surface area (Å²) in [5, 5.41) is 20.0. The molecular formula is C25H28N2O5S. The van der Waals surface area contributed by atoms with Crippen molar-refractivity contribution in [2.45, 2.75) is 44.1 Å². The van der Waals surface area contributed by atoms with E-state index in [4.69, 9.17) is 5.21 Å². The quantitative estimate of drug-likeness (QED) is 0.293. The molecule has 0 spiro atoms. The van der Waals surface area contributed by atoms with Crippen LogP contribution in [0.25, 0.3) is 10.9 Å². The Labute approximate surface area is 193 Å². The van der Waals surface area contributed by atoms with Crippen molar-refractivity contribution in [2.75, 3.05) is 6.26 Å². The molecule has 0 aliphatic heterocycles. The van der Waals surface area contributed by atoms with Gasteiger partial charge in [0.05, 0.1) is 5.60 Å². The van der Waals surface area contributed by atoms with Gasteiger partial charge in [-0.15, -0.1) is 0 Å². The number of aromatic nitrogens is 1. The Morgan fingerprint density at radius 1 is 1.03 bits per heavy atom. The molecule has 1 atom stereocenters. The van der Waals surface area contributed by atoms with Gasteiger partial charge in [-0.05, 0) is 69.2 Å². The fraction of sp³-hybridized carbons (Fsp3) is 0.320. The molecule has 3 aromatic rings. The number of hydrogen-bond acceptors (Lipinski definition) is 5. The van der Waals surface area contributed by atoms with Crippen molar-refractivity contribution < 1.29 is 23.5 Å². The van der Waals surface area contributed by atoms with Crippen LogP contribution in [0.15, 0.2) is 54.7 Å². The average molecular weight is 469 g/mol. The molecule has 0 fully saturated rings. The van der Waals surface area contributed by atoms with E-state index in [0.29, 0.717) is 0 Å². The van der Waals surface area contributed by atoms with Gasteiger partial charge < -0.3 is 9.67 Å².